The number of hydrogen-bond donors (Lipinski definition) is 0. The molecule has 5 heteroatoms. The number of rotatable bonds is 6. The summed E-state index contributed by atoms with van der Waals surface area (Å²) in [4.78, 5) is 6.41. The van der Waals surface area contributed by atoms with Crippen molar-refractivity contribution in [3.63, 3.8) is 0 Å². The SMILES string of the molecule is CC(C)c1ccc(OCC(F)F)c(CN(C)C)n1. The number of alkyl halides is 2. The van der Waals surface area contributed by atoms with Gasteiger partial charge < -0.3 is 9.64 Å². The van der Waals surface area contributed by atoms with E-state index in [0.29, 0.717) is 23.9 Å². The molecule has 0 atom stereocenters. The van der Waals surface area contributed by atoms with Gasteiger partial charge in [0.25, 0.3) is 6.43 Å². The second kappa shape index (κ2) is 6.64. The average molecular weight is 258 g/mol. The fourth-order valence-corrected chi connectivity index (χ4v) is 1.52. The van der Waals surface area contributed by atoms with Gasteiger partial charge in [-0.1, -0.05) is 13.8 Å². The van der Waals surface area contributed by atoms with Crippen LogP contribution in [-0.2, 0) is 6.54 Å². The third-order valence-corrected chi connectivity index (χ3v) is 2.38. The van der Waals surface area contributed by atoms with Crippen molar-refractivity contribution in [2.75, 3.05) is 20.7 Å². The lowest BCUT2D eigenvalue weighted by Gasteiger charge is -2.16. The van der Waals surface area contributed by atoms with Crippen molar-refractivity contribution in [1.29, 1.82) is 0 Å². The van der Waals surface area contributed by atoms with Gasteiger partial charge in [-0.2, -0.15) is 0 Å². The van der Waals surface area contributed by atoms with Crippen molar-refractivity contribution in [2.24, 2.45) is 0 Å². The normalized spacial score (nSPS) is 11.6. The van der Waals surface area contributed by atoms with E-state index >= 15 is 0 Å². The molecule has 3 nitrogen and oxygen atoms in total. The fraction of sp³-hybridized carbons (Fsp3) is 0.615. The van der Waals surface area contributed by atoms with Crippen LogP contribution in [0, 0.1) is 0 Å². The van der Waals surface area contributed by atoms with E-state index < -0.39 is 13.0 Å². The lowest BCUT2D eigenvalue weighted by Crippen LogP contribution is -2.16. The van der Waals surface area contributed by atoms with E-state index in [0.717, 1.165) is 5.69 Å². The van der Waals surface area contributed by atoms with Crippen molar-refractivity contribution in [3.05, 3.63) is 23.5 Å². The molecule has 0 aliphatic heterocycles. The number of halogens is 2. The minimum Gasteiger partial charge on any atom is -0.486 e. The van der Waals surface area contributed by atoms with Gasteiger partial charge in [0.05, 0.1) is 5.69 Å². The average Bonchev–Trinajstić information content (AvgIpc) is 2.26. The Labute approximate surface area is 107 Å². The molecule has 0 N–H and O–H groups in total. The molecule has 18 heavy (non-hydrogen) atoms. The maximum atomic E-state index is 12.2. The molecule has 0 fully saturated rings. The van der Waals surface area contributed by atoms with E-state index in [1.165, 1.54) is 0 Å². The van der Waals surface area contributed by atoms with Gasteiger partial charge in [0, 0.05) is 12.2 Å². The quantitative estimate of drug-likeness (QED) is 0.784. The Morgan fingerprint density at radius 2 is 1.94 bits per heavy atom. The molecule has 102 valence electrons. The zero-order chi connectivity index (χ0) is 13.7. The van der Waals surface area contributed by atoms with Gasteiger partial charge >= 0.3 is 0 Å². The highest BCUT2D eigenvalue weighted by Crippen LogP contribution is 2.22. The Morgan fingerprint density at radius 1 is 1.28 bits per heavy atom. The lowest BCUT2D eigenvalue weighted by atomic mass is 10.1. The first-order valence-corrected chi connectivity index (χ1v) is 5.95. The molecule has 1 heterocycles. The Bertz CT molecular complexity index is 381. The third kappa shape index (κ3) is 4.56. The van der Waals surface area contributed by atoms with Crippen LogP contribution < -0.4 is 4.74 Å². The molecule has 1 aromatic heterocycles. The van der Waals surface area contributed by atoms with Crippen LogP contribution in [0.3, 0.4) is 0 Å². The molecular formula is C13H20F2N2O. The van der Waals surface area contributed by atoms with Crippen molar-refractivity contribution in [3.8, 4) is 5.75 Å². The molecule has 0 saturated heterocycles. The van der Waals surface area contributed by atoms with E-state index in [1.807, 2.05) is 38.9 Å². The summed E-state index contributed by atoms with van der Waals surface area (Å²) in [5.41, 5.74) is 1.64. The molecule has 0 unspecified atom stereocenters. The first-order chi connectivity index (χ1) is 8.40. The van der Waals surface area contributed by atoms with Gasteiger partial charge in [0.15, 0.2) is 0 Å². The fourth-order valence-electron chi connectivity index (χ4n) is 1.52. The van der Waals surface area contributed by atoms with Crippen LogP contribution in [-0.4, -0.2) is 37.0 Å². The van der Waals surface area contributed by atoms with Crippen LogP contribution in [0.25, 0.3) is 0 Å². The Hall–Kier alpha value is -1.23. The molecule has 0 aliphatic rings. The number of pyridine rings is 1. The minimum atomic E-state index is -2.47. The predicted molar refractivity (Wildman–Crippen MR) is 67.2 cm³/mol. The minimum absolute atomic E-state index is 0.301. The van der Waals surface area contributed by atoms with Crippen molar-refractivity contribution < 1.29 is 13.5 Å². The third-order valence-electron chi connectivity index (χ3n) is 2.38. The van der Waals surface area contributed by atoms with Gasteiger partial charge in [-0.25, -0.2) is 8.78 Å². The highest BCUT2D eigenvalue weighted by atomic mass is 19.3. The summed E-state index contributed by atoms with van der Waals surface area (Å²) in [5, 5.41) is 0. The molecule has 0 aliphatic carbocycles. The second-order valence-corrected chi connectivity index (χ2v) is 4.78. The number of hydrogen-bond acceptors (Lipinski definition) is 3. The summed E-state index contributed by atoms with van der Waals surface area (Å²) in [6.45, 7) is 4.06. The van der Waals surface area contributed by atoms with Crippen LogP contribution in [0.1, 0.15) is 31.2 Å². The zero-order valence-electron chi connectivity index (χ0n) is 11.3. The van der Waals surface area contributed by atoms with Crippen LogP contribution in [0.2, 0.25) is 0 Å². The van der Waals surface area contributed by atoms with Crippen LogP contribution in [0.4, 0.5) is 8.78 Å². The second-order valence-electron chi connectivity index (χ2n) is 4.78. The molecule has 0 bridgehead atoms. The monoisotopic (exact) mass is 258 g/mol. The molecule has 0 radical (unpaired) electrons. The number of nitrogens with zero attached hydrogens (tertiary/aromatic N) is 2. The van der Waals surface area contributed by atoms with Crippen LogP contribution in [0.5, 0.6) is 5.75 Å². The topological polar surface area (TPSA) is 25.4 Å². The molecule has 0 saturated carbocycles. The van der Waals surface area contributed by atoms with Gasteiger partial charge in [-0.3, -0.25) is 4.98 Å². The van der Waals surface area contributed by atoms with Crippen molar-refractivity contribution >= 4 is 0 Å². The molecule has 1 rings (SSSR count). The molecular weight excluding hydrogens is 238 g/mol. The van der Waals surface area contributed by atoms with E-state index in [9.17, 15) is 8.78 Å². The maximum absolute atomic E-state index is 12.2. The smallest absolute Gasteiger partial charge is 0.272 e. The van der Waals surface area contributed by atoms with Crippen LogP contribution >= 0.6 is 0 Å². The lowest BCUT2D eigenvalue weighted by molar-refractivity contribution is 0.0808. The highest BCUT2D eigenvalue weighted by molar-refractivity contribution is 5.30. The van der Waals surface area contributed by atoms with Gasteiger partial charge in [0.1, 0.15) is 12.4 Å². The summed E-state index contributed by atoms with van der Waals surface area (Å²) in [6.07, 6.45) is -2.47. The summed E-state index contributed by atoms with van der Waals surface area (Å²) in [6, 6.07) is 3.55. The molecule has 1 aromatic rings. The number of aromatic nitrogens is 1. The van der Waals surface area contributed by atoms with Crippen molar-refractivity contribution in [2.45, 2.75) is 32.7 Å². The highest BCUT2D eigenvalue weighted by Gasteiger charge is 2.12. The summed E-state index contributed by atoms with van der Waals surface area (Å²) < 4.78 is 29.4. The summed E-state index contributed by atoms with van der Waals surface area (Å²) in [5.74, 6) is 0.739. The van der Waals surface area contributed by atoms with Crippen LogP contribution in [0.15, 0.2) is 12.1 Å². The van der Waals surface area contributed by atoms with Gasteiger partial charge in [-0.15, -0.1) is 0 Å². The first-order valence-electron chi connectivity index (χ1n) is 5.95. The van der Waals surface area contributed by atoms with Gasteiger partial charge in [-0.05, 0) is 32.1 Å². The Morgan fingerprint density at radius 3 is 2.44 bits per heavy atom. The maximum Gasteiger partial charge on any atom is 0.272 e. The Balaban J connectivity index is 2.93. The van der Waals surface area contributed by atoms with Crippen molar-refractivity contribution in [1.82, 2.24) is 9.88 Å². The molecule has 0 amide bonds. The molecule has 0 aromatic carbocycles. The van der Waals surface area contributed by atoms with E-state index in [2.05, 4.69) is 4.98 Å². The van der Waals surface area contributed by atoms with E-state index in [4.69, 9.17) is 4.74 Å². The molecule has 0 spiro atoms. The summed E-state index contributed by atoms with van der Waals surface area (Å²) in [7, 11) is 3.81. The largest absolute Gasteiger partial charge is 0.486 e. The standard InChI is InChI=1S/C13H20F2N2O/c1-9(2)10-5-6-12(18-8-13(14)15)11(16-10)7-17(3)4/h5-6,9,13H,7-8H2,1-4H3. The first kappa shape index (κ1) is 14.8. The Kier molecular flexibility index (Phi) is 5.47. The van der Waals surface area contributed by atoms with Gasteiger partial charge in [0.2, 0.25) is 0 Å². The summed E-state index contributed by atoms with van der Waals surface area (Å²) >= 11 is 0. The van der Waals surface area contributed by atoms with E-state index in [1.54, 1.807) is 6.07 Å². The van der Waals surface area contributed by atoms with E-state index in [-0.39, 0.29) is 0 Å². The predicted octanol–water partition coefficient (Wildman–Crippen LogP) is 2.91. The number of ether oxygens (including phenoxy) is 1. The zero-order valence-corrected chi connectivity index (χ0v) is 11.3.